The van der Waals surface area contributed by atoms with E-state index in [1.165, 1.54) is 23.3 Å². The Hall–Kier alpha value is -2.19. The molecule has 0 unspecified atom stereocenters. The lowest BCUT2D eigenvalue weighted by Crippen LogP contribution is -2.31. The summed E-state index contributed by atoms with van der Waals surface area (Å²) in [6.07, 6.45) is 3.17. The molecule has 0 aliphatic carbocycles. The van der Waals surface area contributed by atoms with Gasteiger partial charge in [-0.05, 0) is 31.5 Å². The summed E-state index contributed by atoms with van der Waals surface area (Å²) in [5.41, 5.74) is 1.21. The predicted octanol–water partition coefficient (Wildman–Crippen LogP) is 2.16. The number of thioether (sulfide) groups is 1. The molecule has 4 rings (SSSR count). The maximum Gasteiger partial charge on any atom is 0.229 e. The van der Waals surface area contributed by atoms with E-state index in [0.29, 0.717) is 25.1 Å². The number of carbonyl (C=O) groups excluding carboxylic acids is 2. The number of amides is 2. The minimum Gasteiger partial charge on any atom is -0.300 e. The van der Waals surface area contributed by atoms with Crippen molar-refractivity contribution in [1.29, 1.82) is 0 Å². The standard InChI is InChI=1S/C20H25N5O2S/c26-18-8-9-19(27)24(18)12-13-28-20-22-21-17(15-23-10-4-5-11-23)25(20)14-16-6-2-1-3-7-16/h1-3,6-7H,4-5,8-15H2. The SMILES string of the molecule is O=C1CCC(=O)N1CCSc1nnc(CN2CCCC2)n1Cc1ccccc1. The zero-order valence-electron chi connectivity index (χ0n) is 15.9. The van der Waals surface area contributed by atoms with Crippen LogP contribution in [-0.4, -0.2) is 61.8 Å². The van der Waals surface area contributed by atoms with Crippen molar-refractivity contribution in [2.24, 2.45) is 0 Å². The number of carbonyl (C=O) groups is 2. The Morgan fingerprint density at radius 2 is 1.64 bits per heavy atom. The Morgan fingerprint density at radius 3 is 2.36 bits per heavy atom. The second kappa shape index (κ2) is 8.87. The largest absolute Gasteiger partial charge is 0.300 e. The average molecular weight is 400 g/mol. The summed E-state index contributed by atoms with van der Waals surface area (Å²) >= 11 is 1.56. The average Bonchev–Trinajstić information content (AvgIpc) is 3.42. The van der Waals surface area contributed by atoms with Crippen LogP contribution in [-0.2, 0) is 22.7 Å². The highest BCUT2D eigenvalue weighted by molar-refractivity contribution is 7.99. The van der Waals surface area contributed by atoms with Gasteiger partial charge in [0, 0.05) is 25.1 Å². The molecule has 7 nitrogen and oxygen atoms in total. The molecule has 2 aliphatic heterocycles. The topological polar surface area (TPSA) is 71.3 Å². The first kappa shape index (κ1) is 19.1. The molecule has 2 saturated heterocycles. The lowest BCUT2D eigenvalue weighted by atomic mass is 10.2. The van der Waals surface area contributed by atoms with Crippen molar-refractivity contribution in [3.63, 3.8) is 0 Å². The third-order valence-corrected chi connectivity index (χ3v) is 6.19. The second-order valence-corrected chi connectivity index (χ2v) is 8.30. The molecule has 2 aliphatic rings. The van der Waals surface area contributed by atoms with Crippen LogP contribution in [0, 0.1) is 0 Å². The number of likely N-dealkylation sites (tertiary alicyclic amines) is 2. The fourth-order valence-corrected chi connectivity index (χ4v) is 4.59. The Morgan fingerprint density at radius 1 is 0.929 bits per heavy atom. The molecule has 8 heteroatoms. The molecule has 0 N–H and O–H groups in total. The van der Waals surface area contributed by atoms with Crippen LogP contribution in [0.4, 0.5) is 0 Å². The van der Waals surface area contributed by atoms with Gasteiger partial charge in [0.1, 0.15) is 5.82 Å². The van der Waals surface area contributed by atoms with E-state index in [2.05, 4.69) is 31.8 Å². The number of benzene rings is 1. The van der Waals surface area contributed by atoms with Crippen molar-refractivity contribution in [3.05, 3.63) is 41.7 Å². The summed E-state index contributed by atoms with van der Waals surface area (Å²) in [6, 6.07) is 10.3. The quantitative estimate of drug-likeness (QED) is 0.500. The van der Waals surface area contributed by atoms with Crippen LogP contribution in [0.3, 0.4) is 0 Å². The van der Waals surface area contributed by atoms with Gasteiger partial charge in [-0.2, -0.15) is 0 Å². The van der Waals surface area contributed by atoms with Crippen molar-refractivity contribution in [1.82, 2.24) is 24.6 Å². The van der Waals surface area contributed by atoms with Crippen molar-refractivity contribution >= 4 is 23.6 Å². The smallest absolute Gasteiger partial charge is 0.229 e. The van der Waals surface area contributed by atoms with Gasteiger partial charge in [-0.1, -0.05) is 42.1 Å². The van der Waals surface area contributed by atoms with Crippen molar-refractivity contribution in [3.8, 4) is 0 Å². The first-order chi connectivity index (χ1) is 13.7. The highest BCUT2D eigenvalue weighted by Gasteiger charge is 2.28. The first-order valence-corrected chi connectivity index (χ1v) is 10.8. The molecule has 0 atom stereocenters. The molecule has 0 spiro atoms. The molecule has 0 bridgehead atoms. The van der Waals surface area contributed by atoms with E-state index in [9.17, 15) is 9.59 Å². The molecule has 148 valence electrons. The van der Waals surface area contributed by atoms with Crippen LogP contribution < -0.4 is 0 Å². The Balaban J connectivity index is 1.46. The Kier molecular flexibility index (Phi) is 6.07. The van der Waals surface area contributed by atoms with Gasteiger partial charge in [-0.15, -0.1) is 10.2 Å². The number of hydrogen-bond acceptors (Lipinski definition) is 6. The van der Waals surface area contributed by atoms with Crippen LogP contribution in [0.15, 0.2) is 35.5 Å². The molecular formula is C20H25N5O2S. The van der Waals surface area contributed by atoms with Gasteiger partial charge in [0.25, 0.3) is 0 Å². The second-order valence-electron chi connectivity index (χ2n) is 7.24. The molecule has 2 fully saturated rings. The van der Waals surface area contributed by atoms with Crippen molar-refractivity contribution in [2.75, 3.05) is 25.4 Å². The van der Waals surface area contributed by atoms with Crippen LogP contribution in [0.2, 0.25) is 0 Å². The van der Waals surface area contributed by atoms with Gasteiger partial charge in [-0.25, -0.2) is 0 Å². The minimum absolute atomic E-state index is 0.0638. The van der Waals surface area contributed by atoms with Gasteiger partial charge in [-0.3, -0.25) is 19.4 Å². The normalized spacial score (nSPS) is 17.8. The lowest BCUT2D eigenvalue weighted by molar-refractivity contribution is -0.137. The lowest BCUT2D eigenvalue weighted by Gasteiger charge is -2.16. The number of hydrogen-bond donors (Lipinski definition) is 0. The zero-order chi connectivity index (χ0) is 19.3. The fourth-order valence-electron chi connectivity index (χ4n) is 3.71. The highest BCUT2D eigenvalue weighted by Crippen LogP contribution is 2.22. The third-order valence-electron chi connectivity index (χ3n) is 5.24. The Bertz CT molecular complexity index is 816. The zero-order valence-corrected chi connectivity index (χ0v) is 16.7. The van der Waals surface area contributed by atoms with Gasteiger partial charge < -0.3 is 4.57 Å². The van der Waals surface area contributed by atoms with Gasteiger partial charge in [0.15, 0.2) is 5.16 Å². The summed E-state index contributed by atoms with van der Waals surface area (Å²) in [6.45, 7) is 4.19. The predicted molar refractivity (Wildman–Crippen MR) is 107 cm³/mol. The molecule has 28 heavy (non-hydrogen) atoms. The van der Waals surface area contributed by atoms with Crippen molar-refractivity contribution in [2.45, 2.75) is 43.9 Å². The maximum absolute atomic E-state index is 11.8. The van der Waals surface area contributed by atoms with Crippen LogP contribution in [0.25, 0.3) is 0 Å². The summed E-state index contributed by atoms with van der Waals surface area (Å²) in [7, 11) is 0. The number of nitrogens with zero attached hydrogens (tertiary/aromatic N) is 5. The third kappa shape index (κ3) is 4.44. The highest BCUT2D eigenvalue weighted by atomic mass is 32.2. The molecular weight excluding hydrogens is 374 g/mol. The number of rotatable bonds is 8. The van der Waals surface area contributed by atoms with E-state index in [-0.39, 0.29) is 11.8 Å². The Labute approximate surface area is 169 Å². The van der Waals surface area contributed by atoms with E-state index in [4.69, 9.17) is 0 Å². The minimum atomic E-state index is -0.0638. The van der Waals surface area contributed by atoms with E-state index < -0.39 is 0 Å². The molecule has 0 saturated carbocycles. The molecule has 1 aromatic carbocycles. The van der Waals surface area contributed by atoms with E-state index >= 15 is 0 Å². The van der Waals surface area contributed by atoms with E-state index in [1.54, 1.807) is 11.8 Å². The van der Waals surface area contributed by atoms with E-state index in [0.717, 1.165) is 37.2 Å². The molecule has 0 radical (unpaired) electrons. The van der Waals surface area contributed by atoms with Crippen LogP contribution in [0.5, 0.6) is 0 Å². The number of aromatic nitrogens is 3. The van der Waals surface area contributed by atoms with Crippen molar-refractivity contribution < 1.29 is 9.59 Å². The monoisotopic (exact) mass is 399 g/mol. The van der Waals surface area contributed by atoms with Gasteiger partial charge in [0.2, 0.25) is 11.8 Å². The fraction of sp³-hybridized carbons (Fsp3) is 0.500. The van der Waals surface area contributed by atoms with Gasteiger partial charge in [0.05, 0.1) is 13.1 Å². The maximum atomic E-state index is 11.8. The summed E-state index contributed by atoms with van der Waals surface area (Å²) in [4.78, 5) is 27.4. The van der Waals surface area contributed by atoms with Crippen LogP contribution in [0.1, 0.15) is 37.1 Å². The summed E-state index contributed by atoms with van der Waals surface area (Å²) in [5, 5.41) is 9.72. The van der Waals surface area contributed by atoms with Crippen LogP contribution >= 0.6 is 11.8 Å². The molecule has 3 heterocycles. The molecule has 2 amide bonds. The molecule has 2 aromatic rings. The van der Waals surface area contributed by atoms with E-state index in [1.807, 2.05) is 18.2 Å². The summed E-state index contributed by atoms with van der Waals surface area (Å²) in [5.74, 6) is 1.48. The first-order valence-electron chi connectivity index (χ1n) is 9.85. The summed E-state index contributed by atoms with van der Waals surface area (Å²) < 4.78 is 2.17. The number of imide groups is 1. The molecule has 1 aromatic heterocycles. The van der Waals surface area contributed by atoms with Gasteiger partial charge >= 0.3 is 0 Å².